The molecule has 0 spiro atoms. The standard InChI is InChI=1S/C15H19N3OS/c1-18(2)9-11-3-5-13(6-4-11)17-8-14-7-12(10-20-14)15(16)19/h3-7,10,17H,8-9H2,1-2H3,(H2,16,19). The second kappa shape index (κ2) is 6.54. The van der Waals surface area contributed by atoms with E-state index in [1.54, 1.807) is 5.38 Å². The van der Waals surface area contributed by atoms with Gasteiger partial charge in [0.15, 0.2) is 0 Å². The average Bonchev–Trinajstić information content (AvgIpc) is 2.86. The van der Waals surface area contributed by atoms with Gasteiger partial charge < -0.3 is 16.0 Å². The number of hydrogen-bond donors (Lipinski definition) is 2. The van der Waals surface area contributed by atoms with Crippen molar-refractivity contribution < 1.29 is 4.79 Å². The summed E-state index contributed by atoms with van der Waals surface area (Å²) in [5.41, 5.74) is 8.17. The van der Waals surface area contributed by atoms with E-state index in [9.17, 15) is 4.79 Å². The molecule has 0 unspecified atom stereocenters. The number of nitrogens with zero attached hydrogens (tertiary/aromatic N) is 1. The summed E-state index contributed by atoms with van der Waals surface area (Å²) in [7, 11) is 4.11. The van der Waals surface area contributed by atoms with Crippen molar-refractivity contribution in [2.45, 2.75) is 13.1 Å². The van der Waals surface area contributed by atoms with Crippen LogP contribution in [0.25, 0.3) is 0 Å². The number of hydrogen-bond acceptors (Lipinski definition) is 4. The molecular formula is C15H19N3OS. The van der Waals surface area contributed by atoms with Gasteiger partial charge in [-0.25, -0.2) is 0 Å². The number of thiophene rings is 1. The van der Waals surface area contributed by atoms with Crippen LogP contribution < -0.4 is 11.1 Å². The van der Waals surface area contributed by atoms with Gasteiger partial charge in [-0.2, -0.15) is 0 Å². The lowest BCUT2D eigenvalue weighted by atomic mass is 10.2. The number of nitrogens with two attached hydrogens (primary N) is 1. The molecule has 0 aliphatic rings. The zero-order valence-electron chi connectivity index (χ0n) is 11.7. The second-order valence-electron chi connectivity index (χ2n) is 4.95. The van der Waals surface area contributed by atoms with Crippen molar-refractivity contribution in [3.8, 4) is 0 Å². The van der Waals surface area contributed by atoms with Crippen molar-refractivity contribution in [1.29, 1.82) is 0 Å². The monoisotopic (exact) mass is 289 g/mol. The van der Waals surface area contributed by atoms with Crippen LogP contribution in [0.3, 0.4) is 0 Å². The lowest BCUT2D eigenvalue weighted by Crippen LogP contribution is -2.10. The van der Waals surface area contributed by atoms with E-state index in [1.807, 2.05) is 6.07 Å². The molecule has 20 heavy (non-hydrogen) atoms. The maximum Gasteiger partial charge on any atom is 0.249 e. The lowest BCUT2D eigenvalue weighted by molar-refractivity contribution is 0.100. The average molecular weight is 289 g/mol. The first-order chi connectivity index (χ1) is 9.54. The molecule has 1 heterocycles. The van der Waals surface area contributed by atoms with Gasteiger partial charge in [-0.3, -0.25) is 4.79 Å². The number of anilines is 1. The van der Waals surface area contributed by atoms with Crippen molar-refractivity contribution in [2.24, 2.45) is 5.73 Å². The Morgan fingerprint density at radius 3 is 2.55 bits per heavy atom. The number of benzene rings is 1. The van der Waals surface area contributed by atoms with Crippen LogP contribution in [0, 0.1) is 0 Å². The predicted molar refractivity (Wildman–Crippen MR) is 84.0 cm³/mol. The first-order valence-electron chi connectivity index (χ1n) is 6.39. The summed E-state index contributed by atoms with van der Waals surface area (Å²) < 4.78 is 0. The van der Waals surface area contributed by atoms with Gasteiger partial charge in [-0.15, -0.1) is 11.3 Å². The summed E-state index contributed by atoms with van der Waals surface area (Å²) in [5.74, 6) is -0.375. The van der Waals surface area contributed by atoms with Crippen molar-refractivity contribution in [3.05, 3.63) is 51.7 Å². The zero-order chi connectivity index (χ0) is 14.5. The molecule has 0 bridgehead atoms. The summed E-state index contributed by atoms with van der Waals surface area (Å²) in [6.07, 6.45) is 0. The fraction of sp³-hybridized carbons (Fsp3) is 0.267. The smallest absolute Gasteiger partial charge is 0.249 e. The van der Waals surface area contributed by atoms with Crippen LogP contribution in [0.2, 0.25) is 0 Å². The minimum atomic E-state index is -0.375. The van der Waals surface area contributed by atoms with E-state index in [0.717, 1.165) is 17.1 Å². The van der Waals surface area contributed by atoms with E-state index in [1.165, 1.54) is 16.9 Å². The number of rotatable bonds is 6. The highest BCUT2D eigenvalue weighted by molar-refractivity contribution is 7.10. The van der Waals surface area contributed by atoms with E-state index < -0.39 is 0 Å². The van der Waals surface area contributed by atoms with Gasteiger partial charge in [-0.1, -0.05) is 12.1 Å². The Balaban J connectivity index is 1.91. The summed E-state index contributed by atoms with van der Waals surface area (Å²) in [6.45, 7) is 1.64. The Labute approximate surface area is 123 Å². The molecule has 0 fully saturated rings. The first-order valence-corrected chi connectivity index (χ1v) is 7.27. The van der Waals surface area contributed by atoms with Crippen molar-refractivity contribution >= 4 is 22.9 Å². The molecule has 2 rings (SSSR count). The maximum atomic E-state index is 11.0. The van der Waals surface area contributed by atoms with Gasteiger partial charge in [0.2, 0.25) is 5.91 Å². The Morgan fingerprint density at radius 1 is 1.30 bits per heavy atom. The normalized spacial score (nSPS) is 10.8. The van der Waals surface area contributed by atoms with Crippen LogP contribution in [0.15, 0.2) is 35.7 Å². The topological polar surface area (TPSA) is 58.4 Å². The highest BCUT2D eigenvalue weighted by Crippen LogP contribution is 2.17. The Kier molecular flexibility index (Phi) is 4.76. The molecule has 0 aliphatic carbocycles. The van der Waals surface area contributed by atoms with Gasteiger partial charge in [0.1, 0.15) is 0 Å². The maximum absolute atomic E-state index is 11.0. The van der Waals surface area contributed by atoms with Crippen LogP contribution in [-0.2, 0) is 13.1 Å². The number of carbonyl (C=O) groups is 1. The van der Waals surface area contributed by atoms with E-state index in [2.05, 4.69) is 48.6 Å². The van der Waals surface area contributed by atoms with Crippen molar-refractivity contribution in [2.75, 3.05) is 19.4 Å². The molecule has 5 heteroatoms. The molecule has 106 valence electrons. The number of carbonyl (C=O) groups excluding carboxylic acids is 1. The van der Waals surface area contributed by atoms with Crippen LogP contribution in [0.5, 0.6) is 0 Å². The Morgan fingerprint density at radius 2 is 2.00 bits per heavy atom. The summed E-state index contributed by atoms with van der Waals surface area (Å²) >= 11 is 1.54. The van der Waals surface area contributed by atoms with Gasteiger partial charge in [0.05, 0.1) is 5.56 Å². The lowest BCUT2D eigenvalue weighted by Gasteiger charge is -2.10. The quantitative estimate of drug-likeness (QED) is 0.859. The van der Waals surface area contributed by atoms with Crippen molar-refractivity contribution in [1.82, 2.24) is 4.90 Å². The summed E-state index contributed by atoms with van der Waals surface area (Å²) in [4.78, 5) is 14.3. The van der Waals surface area contributed by atoms with E-state index in [-0.39, 0.29) is 5.91 Å². The highest BCUT2D eigenvalue weighted by Gasteiger charge is 2.04. The van der Waals surface area contributed by atoms with Crippen LogP contribution in [-0.4, -0.2) is 24.9 Å². The number of primary amides is 1. The molecule has 1 aromatic carbocycles. The molecule has 0 saturated carbocycles. The molecule has 4 nitrogen and oxygen atoms in total. The van der Waals surface area contributed by atoms with Crippen LogP contribution in [0.1, 0.15) is 20.8 Å². The second-order valence-corrected chi connectivity index (χ2v) is 5.95. The first kappa shape index (κ1) is 14.6. The van der Waals surface area contributed by atoms with Gasteiger partial charge in [-0.05, 0) is 37.9 Å². The Hall–Kier alpha value is -1.85. The fourth-order valence-electron chi connectivity index (χ4n) is 1.88. The molecule has 3 N–H and O–H groups in total. The fourth-order valence-corrected chi connectivity index (χ4v) is 2.70. The summed E-state index contributed by atoms with van der Waals surface area (Å²) in [6, 6.07) is 10.2. The third-order valence-electron chi connectivity index (χ3n) is 2.86. The highest BCUT2D eigenvalue weighted by atomic mass is 32.1. The van der Waals surface area contributed by atoms with Gasteiger partial charge in [0.25, 0.3) is 0 Å². The van der Waals surface area contributed by atoms with E-state index in [4.69, 9.17) is 5.73 Å². The summed E-state index contributed by atoms with van der Waals surface area (Å²) in [5, 5.41) is 5.13. The predicted octanol–water partition coefficient (Wildman–Crippen LogP) is 2.52. The Bertz CT molecular complexity index is 575. The molecular weight excluding hydrogens is 270 g/mol. The third kappa shape index (κ3) is 4.08. The number of nitrogens with one attached hydrogen (secondary N) is 1. The molecule has 1 amide bonds. The molecule has 0 atom stereocenters. The largest absolute Gasteiger partial charge is 0.380 e. The van der Waals surface area contributed by atoms with Crippen LogP contribution in [0.4, 0.5) is 5.69 Å². The molecule has 0 radical (unpaired) electrons. The minimum Gasteiger partial charge on any atom is -0.380 e. The molecule has 0 saturated heterocycles. The molecule has 0 aliphatic heterocycles. The minimum absolute atomic E-state index is 0.375. The van der Waals surface area contributed by atoms with Crippen LogP contribution >= 0.6 is 11.3 Å². The third-order valence-corrected chi connectivity index (χ3v) is 3.79. The van der Waals surface area contributed by atoms with Gasteiger partial charge >= 0.3 is 0 Å². The molecule has 2 aromatic rings. The zero-order valence-corrected chi connectivity index (χ0v) is 12.5. The SMILES string of the molecule is CN(C)Cc1ccc(NCc2cc(C(N)=O)cs2)cc1. The molecule has 1 aromatic heterocycles. The van der Waals surface area contributed by atoms with Gasteiger partial charge in [0, 0.05) is 29.0 Å². The van der Waals surface area contributed by atoms with E-state index >= 15 is 0 Å². The van der Waals surface area contributed by atoms with Crippen molar-refractivity contribution in [3.63, 3.8) is 0 Å². The van der Waals surface area contributed by atoms with E-state index in [0.29, 0.717) is 12.1 Å². The number of amides is 1.